The van der Waals surface area contributed by atoms with E-state index in [1.54, 1.807) is 0 Å². The van der Waals surface area contributed by atoms with Crippen LogP contribution in [0.4, 0.5) is 4.79 Å². The van der Waals surface area contributed by atoms with E-state index in [0.717, 1.165) is 37.1 Å². The van der Waals surface area contributed by atoms with Crippen LogP contribution < -0.4 is 16.0 Å². The molecule has 2 aliphatic heterocycles. The first-order chi connectivity index (χ1) is 10.5. The molecule has 0 aromatic heterocycles. The lowest BCUT2D eigenvalue weighted by atomic mass is 9.98. The summed E-state index contributed by atoms with van der Waals surface area (Å²) < 4.78 is 0. The third-order valence-corrected chi connectivity index (χ3v) is 4.99. The Morgan fingerprint density at radius 2 is 2.09 bits per heavy atom. The van der Waals surface area contributed by atoms with Crippen LogP contribution in [-0.4, -0.2) is 53.5 Å². The highest BCUT2D eigenvalue weighted by Crippen LogP contribution is 2.34. The summed E-state index contributed by atoms with van der Waals surface area (Å²) in [6.07, 6.45) is 5.00. The van der Waals surface area contributed by atoms with Crippen molar-refractivity contribution in [2.24, 2.45) is 0 Å². The van der Waals surface area contributed by atoms with Crippen molar-refractivity contribution in [3.8, 4) is 0 Å². The number of carbonyl (C=O) groups is 3. The lowest BCUT2D eigenvalue weighted by molar-refractivity contribution is -0.135. The van der Waals surface area contributed by atoms with Crippen LogP contribution in [0.2, 0.25) is 0 Å². The van der Waals surface area contributed by atoms with E-state index in [1.807, 2.05) is 0 Å². The Morgan fingerprint density at radius 1 is 1.36 bits per heavy atom. The topological polar surface area (TPSA) is 90.5 Å². The van der Waals surface area contributed by atoms with Crippen molar-refractivity contribution in [2.75, 3.05) is 13.1 Å². The lowest BCUT2D eigenvalue weighted by Crippen LogP contribution is -2.50. The monoisotopic (exact) mass is 308 g/mol. The van der Waals surface area contributed by atoms with Gasteiger partial charge >= 0.3 is 6.03 Å². The molecule has 2 atom stereocenters. The summed E-state index contributed by atoms with van der Waals surface area (Å²) in [5.74, 6) is -0.485. The minimum Gasteiger partial charge on any atom is -0.352 e. The quantitative estimate of drug-likeness (QED) is 0.645. The third-order valence-electron chi connectivity index (χ3n) is 4.99. The molecule has 1 spiro atoms. The molecule has 0 radical (unpaired) electrons. The highest BCUT2D eigenvalue weighted by molar-refractivity contribution is 6.09. The van der Waals surface area contributed by atoms with Gasteiger partial charge in [-0.1, -0.05) is 12.8 Å². The average Bonchev–Trinajstić information content (AvgIpc) is 3.01. The molecule has 0 aromatic carbocycles. The predicted octanol–water partition coefficient (Wildman–Crippen LogP) is 0.108. The number of amides is 4. The second-order valence-corrected chi connectivity index (χ2v) is 6.75. The van der Waals surface area contributed by atoms with Gasteiger partial charge in [0.2, 0.25) is 5.91 Å². The summed E-state index contributed by atoms with van der Waals surface area (Å²) in [5.41, 5.74) is -0.735. The van der Waals surface area contributed by atoms with E-state index in [1.165, 1.54) is 0 Å². The minimum absolute atomic E-state index is 0.116. The van der Waals surface area contributed by atoms with E-state index in [0.29, 0.717) is 18.9 Å². The zero-order chi connectivity index (χ0) is 15.7. The summed E-state index contributed by atoms with van der Waals surface area (Å²) in [7, 11) is 0. The van der Waals surface area contributed by atoms with Gasteiger partial charge < -0.3 is 16.0 Å². The molecule has 1 aliphatic carbocycles. The minimum atomic E-state index is -0.735. The molecule has 2 unspecified atom stereocenters. The van der Waals surface area contributed by atoms with Gasteiger partial charge in [-0.25, -0.2) is 4.79 Å². The van der Waals surface area contributed by atoms with Gasteiger partial charge in [-0.15, -0.1) is 0 Å². The largest absolute Gasteiger partial charge is 0.352 e. The van der Waals surface area contributed by atoms with Crippen LogP contribution in [0, 0.1) is 0 Å². The molecule has 4 amide bonds. The SMILES string of the molecule is CC1CC(NC(=O)CN2C(=O)NC3(CCCC3)C2=O)CCN1. The molecule has 0 aromatic rings. The van der Waals surface area contributed by atoms with E-state index < -0.39 is 11.6 Å². The summed E-state index contributed by atoms with van der Waals surface area (Å²) in [6.45, 7) is 2.78. The Kier molecular flexibility index (Phi) is 4.08. The van der Waals surface area contributed by atoms with Gasteiger partial charge in [0.15, 0.2) is 0 Å². The summed E-state index contributed by atoms with van der Waals surface area (Å²) in [5, 5.41) is 9.06. The first kappa shape index (κ1) is 15.3. The molecule has 3 fully saturated rings. The highest BCUT2D eigenvalue weighted by Gasteiger charge is 2.52. The Balaban J connectivity index is 1.57. The van der Waals surface area contributed by atoms with E-state index in [-0.39, 0.29) is 24.4 Å². The van der Waals surface area contributed by atoms with Crippen molar-refractivity contribution >= 4 is 17.8 Å². The van der Waals surface area contributed by atoms with Crippen molar-refractivity contribution < 1.29 is 14.4 Å². The van der Waals surface area contributed by atoms with Crippen LogP contribution in [0.1, 0.15) is 45.4 Å². The Hall–Kier alpha value is -1.63. The van der Waals surface area contributed by atoms with E-state index in [9.17, 15) is 14.4 Å². The third kappa shape index (κ3) is 2.82. The maximum absolute atomic E-state index is 12.5. The fourth-order valence-corrected chi connectivity index (χ4v) is 3.82. The van der Waals surface area contributed by atoms with Gasteiger partial charge in [-0.2, -0.15) is 0 Å². The number of hydrogen-bond donors (Lipinski definition) is 3. The second-order valence-electron chi connectivity index (χ2n) is 6.75. The molecule has 7 heteroatoms. The molecule has 1 saturated carbocycles. The molecule has 0 bridgehead atoms. The lowest BCUT2D eigenvalue weighted by Gasteiger charge is -2.29. The number of imide groups is 1. The molecule has 3 aliphatic rings. The normalized spacial score (nSPS) is 30.7. The maximum atomic E-state index is 12.5. The van der Waals surface area contributed by atoms with E-state index >= 15 is 0 Å². The van der Waals surface area contributed by atoms with Crippen LogP contribution in [0.15, 0.2) is 0 Å². The summed E-state index contributed by atoms with van der Waals surface area (Å²) in [6, 6.07) is 0.0585. The van der Waals surface area contributed by atoms with Gasteiger partial charge in [-0.05, 0) is 39.2 Å². The fourth-order valence-electron chi connectivity index (χ4n) is 3.82. The number of carbonyl (C=O) groups excluding carboxylic acids is 3. The zero-order valence-electron chi connectivity index (χ0n) is 13.0. The summed E-state index contributed by atoms with van der Waals surface area (Å²) >= 11 is 0. The number of rotatable bonds is 3. The zero-order valence-corrected chi connectivity index (χ0v) is 13.0. The van der Waals surface area contributed by atoms with Crippen LogP contribution in [-0.2, 0) is 9.59 Å². The van der Waals surface area contributed by atoms with Crippen molar-refractivity contribution in [3.63, 3.8) is 0 Å². The molecule has 7 nitrogen and oxygen atoms in total. The number of piperidine rings is 1. The van der Waals surface area contributed by atoms with Gasteiger partial charge in [0.1, 0.15) is 12.1 Å². The molecule has 122 valence electrons. The molecule has 22 heavy (non-hydrogen) atoms. The van der Waals surface area contributed by atoms with Crippen LogP contribution in [0.5, 0.6) is 0 Å². The number of hydrogen-bond acceptors (Lipinski definition) is 4. The Bertz CT molecular complexity index is 487. The molecule has 3 N–H and O–H groups in total. The maximum Gasteiger partial charge on any atom is 0.325 e. The van der Waals surface area contributed by atoms with Gasteiger partial charge in [0.25, 0.3) is 5.91 Å². The van der Waals surface area contributed by atoms with Crippen LogP contribution in [0.25, 0.3) is 0 Å². The molecule has 2 saturated heterocycles. The first-order valence-electron chi connectivity index (χ1n) is 8.17. The highest BCUT2D eigenvalue weighted by atomic mass is 16.2. The summed E-state index contributed by atoms with van der Waals surface area (Å²) in [4.78, 5) is 37.7. The van der Waals surface area contributed by atoms with Gasteiger partial charge in [0.05, 0.1) is 0 Å². The van der Waals surface area contributed by atoms with Gasteiger partial charge in [-0.3, -0.25) is 14.5 Å². The molecule has 3 rings (SSSR count). The molecule has 2 heterocycles. The second kappa shape index (κ2) is 5.87. The van der Waals surface area contributed by atoms with Crippen molar-refractivity contribution in [1.29, 1.82) is 0 Å². The van der Waals surface area contributed by atoms with Crippen molar-refractivity contribution in [2.45, 2.75) is 63.1 Å². The Morgan fingerprint density at radius 3 is 2.77 bits per heavy atom. The molecular weight excluding hydrogens is 284 g/mol. The predicted molar refractivity (Wildman–Crippen MR) is 80.1 cm³/mol. The first-order valence-corrected chi connectivity index (χ1v) is 8.17. The number of urea groups is 1. The van der Waals surface area contributed by atoms with Gasteiger partial charge in [0, 0.05) is 12.1 Å². The van der Waals surface area contributed by atoms with E-state index in [4.69, 9.17) is 0 Å². The van der Waals surface area contributed by atoms with Crippen LogP contribution >= 0.6 is 0 Å². The van der Waals surface area contributed by atoms with E-state index in [2.05, 4.69) is 22.9 Å². The average molecular weight is 308 g/mol. The van der Waals surface area contributed by atoms with Crippen molar-refractivity contribution in [3.05, 3.63) is 0 Å². The standard InChI is InChI=1S/C15H24N4O3/c1-10-8-11(4-7-16-10)17-12(20)9-19-13(21)15(18-14(19)22)5-2-3-6-15/h10-11,16H,2-9H2,1H3,(H,17,20)(H,18,22). The Labute approximate surface area is 130 Å². The number of nitrogens with one attached hydrogen (secondary N) is 3. The smallest absolute Gasteiger partial charge is 0.325 e. The number of nitrogens with zero attached hydrogens (tertiary/aromatic N) is 1. The van der Waals surface area contributed by atoms with Crippen LogP contribution in [0.3, 0.4) is 0 Å². The molecular formula is C15H24N4O3. The fraction of sp³-hybridized carbons (Fsp3) is 0.800. The van der Waals surface area contributed by atoms with Crippen molar-refractivity contribution in [1.82, 2.24) is 20.9 Å².